The fourth-order valence-electron chi connectivity index (χ4n) is 2.08. The Labute approximate surface area is 125 Å². The molecule has 1 amide bonds. The van der Waals surface area contributed by atoms with Crippen molar-refractivity contribution in [1.82, 2.24) is 19.8 Å². The molecule has 7 heteroatoms. The molecule has 1 aromatic rings. The first-order chi connectivity index (χ1) is 10.1. The first kappa shape index (κ1) is 15.7. The van der Waals surface area contributed by atoms with Crippen LogP contribution >= 0.6 is 0 Å². The molecule has 0 bridgehead atoms. The van der Waals surface area contributed by atoms with Gasteiger partial charge in [-0.15, -0.1) is 0 Å². The summed E-state index contributed by atoms with van der Waals surface area (Å²) in [5.74, 6) is 0.452. The number of rotatable bonds is 5. The van der Waals surface area contributed by atoms with Gasteiger partial charge in [0.15, 0.2) is 0 Å². The third kappa shape index (κ3) is 4.64. The van der Waals surface area contributed by atoms with Crippen LogP contribution in [-0.2, 0) is 4.74 Å². The Bertz CT molecular complexity index is 486. The molecule has 2 rings (SSSR count). The molecule has 1 aromatic heterocycles. The van der Waals surface area contributed by atoms with Crippen LogP contribution in [0.15, 0.2) is 6.07 Å². The predicted molar refractivity (Wildman–Crippen MR) is 80.5 cm³/mol. The smallest absolute Gasteiger partial charge is 0.272 e. The molecule has 0 aliphatic carbocycles. The number of aryl methyl sites for hydroxylation is 1. The summed E-state index contributed by atoms with van der Waals surface area (Å²) < 4.78 is 5.27. The van der Waals surface area contributed by atoms with Gasteiger partial charge in [0.1, 0.15) is 5.69 Å². The van der Waals surface area contributed by atoms with Gasteiger partial charge in [-0.2, -0.15) is 0 Å². The number of nitrogens with one attached hydrogen (secondary N) is 1. The minimum Gasteiger partial charge on any atom is -0.378 e. The van der Waals surface area contributed by atoms with Crippen molar-refractivity contribution in [3.8, 4) is 0 Å². The van der Waals surface area contributed by atoms with Crippen molar-refractivity contribution in [2.75, 3.05) is 58.8 Å². The molecule has 0 spiro atoms. The van der Waals surface area contributed by atoms with E-state index < -0.39 is 0 Å². The first-order valence-electron chi connectivity index (χ1n) is 7.17. The summed E-state index contributed by atoms with van der Waals surface area (Å²) in [4.78, 5) is 24.9. The maximum Gasteiger partial charge on any atom is 0.272 e. The van der Waals surface area contributed by atoms with E-state index in [0.29, 0.717) is 37.9 Å². The van der Waals surface area contributed by atoms with Crippen LogP contribution in [0.3, 0.4) is 0 Å². The van der Waals surface area contributed by atoms with Crippen molar-refractivity contribution in [1.29, 1.82) is 0 Å². The molecular weight excluding hydrogens is 270 g/mol. The Balaban J connectivity index is 2.05. The summed E-state index contributed by atoms with van der Waals surface area (Å²) >= 11 is 0. The van der Waals surface area contributed by atoms with Gasteiger partial charge in [0.2, 0.25) is 5.95 Å². The summed E-state index contributed by atoms with van der Waals surface area (Å²) in [6.07, 6.45) is 0. The fourth-order valence-corrected chi connectivity index (χ4v) is 2.08. The zero-order chi connectivity index (χ0) is 15.2. The summed E-state index contributed by atoms with van der Waals surface area (Å²) in [6, 6.07) is 1.73. The number of carbonyl (C=O) groups is 1. The van der Waals surface area contributed by atoms with Crippen molar-refractivity contribution in [3.63, 3.8) is 0 Å². The zero-order valence-electron chi connectivity index (χ0n) is 12.9. The highest BCUT2D eigenvalue weighted by Gasteiger charge is 2.20. The molecule has 0 unspecified atom stereocenters. The number of ether oxygens (including phenoxy) is 1. The van der Waals surface area contributed by atoms with E-state index >= 15 is 0 Å². The van der Waals surface area contributed by atoms with Crippen LogP contribution in [0, 0.1) is 6.92 Å². The number of anilines is 1. The average molecular weight is 293 g/mol. The van der Waals surface area contributed by atoms with E-state index in [2.05, 4.69) is 20.2 Å². The summed E-state index contributed by atoms with van der Waals surface area (Å²) in [5, 5.41) is 3.16. The fraction of sp³-hybridized carbons (Fsp3) is 0.643. The largest absolute Gasteiger partial charge is 0.378 e. The van der Waals surface area contributed by atoms with Crippen LogP contribution in [0.4, 0.5) is 5.95 Å². The van der Waals surface area contributed by atoms with Crippen molar-refractivity contribution >= 4 is 11.9 Å². The Hall–Kier alpha value is -1.73. The van der Waals surface area contributed by atoms with Gasteiger partial charge < -0.3 is 19.9 Å². The number of amides is 1. The topological polar surface area (TPSA) is 70.6 Å². The standard InChI is InChI=1S/C14H23N5O2/c1-11-10-12(13(20)19-6-8-21-9-7-19)17-14(16-11)15-4-5-18(2)3/h10H,4-9H2,1-3H3,(H,15,16,17). The molecule has 0 atom stereocenters. The van der Waals surface area contributed by atoms with Crippen LogP contribution in [0.5, 0.6) is 0 Å². The van der Waals surface area contributed by atoms with Crippen LogP contribution in [0.1, 0.15) is 16.2 Å². The highest BCUT2D eigenvalue weighted by Crippen LogP contribution is 2.09. The highest BCUT2D eigenvalue weighted by molar-refractivity contribution is 5.92. The third-order valence-corrected chi connectivity index (χ3v) is 3.21. The monoisotopic (exact) mass is 293 g/mol. The van der Waals surface area contributed by atoms with Gasteiger partial charge in [0.05, 0.1) is 13.2 Å². The van der Waals surface area contributed by atoms with Crippen molar-refractivity contribution < 1.29 is 9.53 Å². The van der Waals surface area contributed by atoms with E-state index in [1.165, 1.54) is 0 Å². The average Bonchev–Trinajstić information content (AvgIpc) is 2.46. The molecular formula is C14H23N5O2. The molecule has 1 aliphatic rings. The normalized spacial score (nSPS) is 15.3. The van der Waals surface area contributed by atoms with Gasteiger partial charge >= 0.3 is 0 Å². The van der Waals surface area contributed by atoms with E-state index in [0.717, 1.165) is 18.8 Å². The van der Waals surface area contributed by atoms with E-state index in [1.807, 2.05) is 21.0 Å². The second kappa shape index (κ2) is 7.33. The van der Waals surface area contributed by atoms with E-state index in [-0.39, 0.29) is 5.91 Å². The number of hydrogen-bond acceptors (Lipinski definition) is 6. The van der Waals surface area contributed by atoms with E-state index in [4.69, 9.17) is 4.74 Å². The minimum absolute atomic E-state index is 0.0561. The number of hydrogen-bond donors (Lipinski definition) is 1. The van der Waals surface area contributed by atoms with Crippen LogP contribution in [0.2, 0.25) is 0 Å². The number of aromatic nitrogens is 2. The minimum atomic E-state index is -0.0561. The van der Waals surface area contributed by atoms with Crippen LogP contribution in [0.25, 0.3) is 0 Å². The number of nitrogens with zero attached hydrogens (tertiary/aromatic N) is 4. The molecule has 116 valence electrons. The predicted octanol–water partition coefficient (Wildman–Crippen LogP) is 0.231. The lowest BCUT2D eigenvalue weighted by atomic mass is 10.3. The molecule has 2 heterocycles. The number of carbonyl (C=O) groups excluding carboxylic acids is 1. The second-order valence-electron chi connectivity index (χ2n) is 5.35. The number of morpholine rings is 1. The molecule has 0 aromatic carbocycles. The van der Waals surface area contributed by atoms with E-state index in [9.17, 15) is 4.79 Å². The molecule has 0 saturated carbocycles. The lowest BCUT2D eigenvalue weighted by molar-refractivity contribution is 0.0299. The van der Waals surface area contributed by atoms with Crippen molar-refractivity contribution in [2.24, 2.45) is 0 Å². The molecule has 21 heavy (non-hydrogen) atoms. The maximum absolute atomic E-state index is 12.4. The Morgan fingerprint density at radius 2 is 2.10 bits per heavy atom. The van der Waals surface area contributed by atoms with Gasteiger partial charge in [0, 0.05) is 31.9 Å². The van der Waals surface area contributed by atoms with Gasteiger partial charge in [-0.05, 0) is 27.1 Å². The zero-order valence-corrected chi connectivity index (χ0v) is 12.9. The van der Waals surface area contributed by atoms with E-state index in [1.54, 1.807) is 11.0 Å². The lowest BCUT2D eigenvalue weighted by Crippen LogP contribution is -2.41. The van der Waals surface area contributed by atoms with Gasteiger partial charge in [0.25, 0.3) is 5.91 Å². The SMILES string of the molecule is Cc1cc(C(=O)N2CCOCC2)nc(NCCN(C)C)n1. The molecule has 1 saturated heterocycles. The Morgan fingerprint density at radius 3 is 2.76 bits per heavy atom. The highest BCUT2D eigenvalue weighted by atomic mass is 16.5. The molecule has 0 radical (unpaired) electrons. The molecule has 1 N–H and O–H groups in total. The van der Waals surface area contributed by atoms with Gasteiger partial charge in [-0.1, -0.05) is 0 Å². The Kier molecular flexibility index (Phi) is 5.46. The maximum atomic E-state index is 12.4. The summed E-state index contributed by atoms with van der Waals surface area (Å²) in [7, 11) is 4.01. The summed E-state index contributed by atoms with van der Waals surface area (Å²) in [5.41, 5.74) is 1.23. The number of likely N-dealkylation sites (N-methyl/N-ethyl adjacent to an activating group) is 1. The quantitative estimate of drug-likeness (QED) is 0.838. The van der Waals surface area contributed by atoms with Crippen molar-refractivity contribution in [3.05, 3.63) is 17.5 Å². The molecule has 7 nitrogen and oxygen atoms in total. The van der Waals surface area contributed by atoms with Crippen LogP contribution in [-0.4, -0.2) is 79.2 Å². The lowest BCUT2D eigenvalue weighted by Gasteiger charge is -2.26. The third-order valence-electron chi connectivity index (χ3n) is 3.21. The van der Waals surface area contributed by atoms with Crippen molar-refractivity contribution in [2.45, 2.75) is 6.92 Å². The Morgan fingerprint density at radius 1 is 1.38 bits per heavy atom. The van der Waals surface area contributed by atoms with Gasteiger partial charge in [-0.3, -0.25) is 4.79 Å². The second-order valence-corrected chi connectivity index (χ2v) is 5.35. The van der Waals surface area contributed by atoms with Crippen LogP contribution < -0.4 is 5.32 Å². The first-order valence-corrected chi connectivity index (χ1v) is 7.17. The van der Waals surface area contributed by atoms with Gasteiger partial charge in [-0.25, -0.2) is 9.97 Å². The molecule has 1 aliphatic heterocycles. The summed E-state index contributed by atoms with van der Waals surface area (Å²) in [6.45, 7) is 5.89. The molecule has 1 fully saturated rings.